The van der Waals surface area contributed by atoms with Crippen molar-refractivity contribution in [1.29, 1.82) is 0 Å². The highest BCUT2D eigenvalue weighted by atomic mass is 79.9. The quantitative estimate of drug-likeness (QED) is 0.780. The summed E-state index contributed by atoms with van der Waals surface area (Å²) in [5.74, 6) is 1.25. The summed E-state index contributed by atoms with van der Waals surface area (Å²) >= 11 is 3.39. The molecule has 3 rings (SSSR count). The minimum Gasteiger partial charge on any atom is -0.437 e. The first-order valence-electron chi connectivity index (χ1n) is 6.58. The summed E-state index contributed by atoms with van der Waals surface area (Å²) in [6, 6.07) is 12.0. The van der Waals surface area contributed by atoms with Crippen molar-refractivity contribution in [2.75, 3.05) is 7.05 Å². The standard InChI is InChI=1S/C16H14BrN3O/c1-18-9-13-6-11-4-2-3-5-15(11)16(20-13)21-14-7-12(17)8-19-10-14/h2-8,10,18H,9H2,1H3. The van der Waals surface area contributed by atoms with Crippen LogP contribution in [-0.2, 0) is 6.54 Å². The fraction of sp³-hybridized carbons (Fsp3) is 0.125. The van der Waals surface area contributed by atoms with Crippen molar-refractivity contribution in [2.45, 2.75) is 6.54 Å². The van der Waals surface area contributed by atoms with Crippen LogP contribution in [0.1, 0.15) is 5.69 Å². The number of nitrogens with one attached hydrogen (secondary N) is 1. The van der Waals surface area contributed by atoms with E-state index in [2.05, 4.69) is 43.3 Å². The highest BCUT2D eigenvalue weighted by molar-refractivity contribution is 9.10. The molecule has 1 aromatic carbocycles. The van der Waals surface area contributed by atoms with Crippen LogP contribution in [0.4, 0.5) is 0 Å². The van der Waals surface area contributed by atoms with Gasteiger partial charge >= 0.3 is 0 Å². The van der Waals surface area contributed by atoms with E-state index >= 15 is 0 Å². The summed E-state index contributed by atoms with van der Waals surface area (Å²) in [5.41, 5.74) is 0.939. The normalized spacial score (nSPS) is 10.8. The van der Waals surface area contributed by atoms with E-state index in [9.17, 15) is 0 Å². The van der Waals surface area contributed by atoms with Crippen LogP contribution in [0.15, 0.2) is 53.3 Å². The molecule has 0 aliphatic heterocycles. The van der Waals surface area contributed by atoms with Crippen LogP contribution in [0, 0.1) is 0 Å². The summed E-state index contributed by atoms with van der Waals surface area (Å²) in [6.45, 7) is 0.692. The van der Waals surface area contributed by atoms with E-state index in [0.717, 1.165) is 20.9 Å². The molecule has 0 aliphatic rings. The van der Waals surface area contributed by atoms with Gasteiger partial charge in [-0.1, -0.05) is 18.2 Å². The molecule has 0 fully saturated rings. The molecule has 2 heterocycles. The second-order valence-corrected chi connectivity index (χ2v) is 5.53. The van der Waals surface area contributed by atoms with Gasteiger partial charge in [0, 0.05) is 22.6 Å². The maximum atomic E-state index is 5.93. The number of rotatable bonds is 4. The number of aromatic nitrogens is 2. The molecule has 0 spiro atoms. The van der Waals surface area contributed by atoms with E-state index in [-0.39, 0.29) is 0 Å². The van der Waals surface area contributed by atoms with Crippen molar-refractivity contribution < 1.29 is 4.74 Å². The molecule has 0 unspecified atom stereocenters. The first-order valence-corrected chi connectivity index (χ1v) is 7.37. The molecule has 4 nitrogen and oxygen atoms in total. The lowest BCUT2D eigenvalue weighted by Crippen LogP contribution is -2.07. The van der Waals surface area contributed by atoms with E-state index < -0.39 is 0 Å². The Morgan fingerprint density at radius 3 is 2.86 bits per heavy atom. The average molecular weight is 344 g/mol. The van der Waals surface area contributed by atoms with E-state index in [4.69, 9.17) is 4.74 Å². The van der Waals surface area contributed by atoms with Crippen LogP contribution < -0.4 is 10.1 Å². The predicted octanol–water partition coefficient (Wildman–Crippen LogP) is 3.90. The third-order valence-electron chi connectivity index (χ3n) is 3.01. The van der Waals surface area contributed by atoms with Gasteiger partial charge in [-0.05, 0) is 46.6 Å². The van der Waals surface area contributed by atoms with Gasteiger partial charge in [-0.25, -0.2) is 4.98 Å². The van der Waals surface area contributed by atoms with Gasteiger partial charge in [-0.15, -0.1) is 0 Å². The molecule has 0 aliphatic carbocycles. The maximum absolute atomic E-state index is 5.93. The van der Waals surface area contributed by atoms with Gasteiger partial charge in [-0.3, -0.25) is 4.98 Å². The Balaban J connectivity index is 2.07. The molecular weight excluding hydrogens is 330 g/mol. The van der Waals surface area contributed by atoms with Crippen LogP contribution in [0.3, 0.4) is 0 Å². The summed E-state index contributed by atoms with van der Waals surface area (Å²) in [4.78, 5) is 8.69. The lowest BCUT2D eigenvalue weighted by atomic mass is 10.1. The number of benzene rings is 1. The van der Waals surface area contributed by atoms with Crippen molar-refractivity contribution in [3.8, 4) is 11.6 Å². The first kappa shape index (κ1) is 14.0. The molecule has 0 amide bonds. The second-order valence-electron chi connectivity index (χ2n) is 4.61. The Labute approximate surface area is 131 Å². The van der Waals surface area contributed by atoms with Gasteiger partial charge in [0.05, 0.1) is 11.9 Å². The smallest absolute Gasteiger partial charge is 0.227 e. The Morgan fingerprint density at radius 2 is 2.05 bits per heavy atom. The molecule has 0 bridgehead atoms. The maximum Gasteiger partial charge on any atom is 0.227 e. The molecule has 0 saturated carbocycles. The van der Waals surface area contributed by atoms with Crippen molar-refractivity contribution >= 4 is 26.7 Å². The van der Waals surface area contributed by atoms with Gasteiger partial charge in [0.2, 0.25) is 5.88 Å². The van der Waals surface area contributed by atoms with Gasteiger partial charge in [-0.2, -0.15) is 0 Å². The second kappa shape index (κ2) is 6.20. The van der Waals surface area contributed by atoms with Crippen LogP contribution in [0.5, 0.6) is 11.6 Å². The SMILES string of the molecule is CNCc1cc2ccccc2c(Oc2cncc(Br)c2)n1. The molecule has 106 valence electrons. The lowest BCUT2D eigenvalue weighted by Gasteiger charge is -2.10. The molecule has 0 saturated heterocycles. The van der Waals surface area contributed by atoms with Crippen LogP contribution in [-0.4, -0.2) is 17.0 Å². The number of nitrogens with zero attached hydrogens (tertiary/aromatic N) is 2. The van der Waals surface area contributed by atoms with Gasteiger partial charge in [0.1, 0.15) is 5.75 Å². The zero-order valence-corrected chi connectivity index (χ0v) is 13.1. The van der Waals surface area contributed by atoms with Crippen LogP contribution in [0.25, 0.3) is 10.8 Å². The highest BCUT2D eigenvalue weighted by Crippen LogP contribution is 2.29. The Morgan fingerprint density at radius 1 is 1.19 bits per heavy atom. The summed E-state index contributed by atoms with van der Waals surface area (Å²) in [6.07, 6.45) is 3.39. The minimum absolute atomic E-state index is 0.596. The molecule has 1 N–H and O–H groups in total. The summed E-state index contributed by atoms with van der Waals surface area (Å²) in [5, 5.41) is 5.20. The average Bonchev–Trinajstić information content (AvgIpc) is 2.48. The van der Waals surface area contributed by atoms with E-state index in [1.807, 2.05) is 31.3 Å². The Hall–Kier alpha value is -1.98. The van der Waals surface area contributed by atoms with Crippen molar-refractivity contribution in [1.82, 2.24) is 15.3 Å². The van der Waals surface area contributed by atoms with Crippen molar-refractivity contribution in [3.63, 3.8) is 0 Å². The largest absolute Gasteiger partial charge is 0.437 e. The third kappa shape index (κ3) is 3.20. The summed E-state index contributed by atoms with van der Waals surface area (Å²) < 4.78 is 6.80. The van der Waals surface area contributed by atoms with Crippen LogP contribution in [0.2, 0.25) is 0 Å². The first-order chi connectivity index (χ1) is 10.3. The monoisotopic (exact) mass is 343 g/mol. The molecular formula is C16H14BrN3O. The van der Waals surface area contributed by atoms with E-state index in [0.29, 0.717) is 18.2 Å². The van der Waals surface area contributed by atoms with Gasteiger partial charge < -0.3 is 10.1 Å². The molecule has 0 radical (unpaired) electrons. The summed E-state index contributed by atoms with van der Waals surface area (Å²) in [7, 11) is 1.90. The lowest BCUT2D eigenvalue weighted by molar-refractivity contribution is 0.464. The van der Waals surface area contributed by atoms with Crippen LogP contribution >= 0.6 is 15.9 Å². The predicted molar refractivity (Wildman–Crippen MR) is 86.5 cm³/mol. The van der Waals surface area contributed by atoms with Crippen molar-refractivity contribution in [3.05, 3.63) is 59.0 Å². The number of pyridine rings is 2. The Bertz CT molecular complexity index is 776. The molecule has 5 heteroatoms. The van der Waals surface area contributed by atoms with Gasteiger partial charge in [0.25, 0.3) is 0 Å². The third-order valence-corrected chi connectivity index (χ3v) is 3.44. The fourth-order valence-corrected chi connectivity index (χ4v) is 2.47. The number of hydrogen-bond acceptors (Lipinski definition) is 4. The molecule has 2 aromatic heterocycles. The number of hydrogen-bond donors (Lipinski definition) is 1. The van der Waals surface area contributed by atoms with Crippen molar-refractivity contribution in [2.24, 2.45) is 0 Å². The number of fused-ring (bicyclic) bond motifs is 1. The highest BCUT2D eigenvalue weighted by Gasteiger charge is 2.08. The fourth-order valence-electron chi connectivity index (χ4n) is 2.13. The topological polar surface area (TPSA) is 47.0 Å². The zero-order valence-electron chi connectivity index (χ0n) is 11.5. The minimum atomic E-state index is 0.596. The molecule has 3 aromatic rings. The Kier molecular flexibility index (Phi) is 4.13. The van der Waals surface area contributed by atoms with E-state index in [1.54, 1.807) is 12.4 Å². The zero-order chi connectivity index (χ0) is 14.7. The van der Waals surface area contributed by atoms with Gasteiger partial charge in [0.15, 0.2) is 0 Å². The molecule has 0 atom stereocenters. The number of ether oxygens (including phenoxy) is 1. The number of halogens is 1. The molecule has 21 heavy (non-hydrogen) atoms. The van der Waals surface area contributed by atoms with E-state index in [1.165, 1.54) is 0 Å².